The van der Waals surface area contributed by atoms with Crippen molar-refractivity contribution in [2.45, 2.75) is 78.3 Å². The topological polar surface area (TPSA) is 29.9 Å². The van der Waals surface area contributed by atoms with Crippen LogP contribution >= 0.6 is 0 Å². The second kappa shape index (κ2) is 6.75. The molecule has 1 aliphatic carbocycles. The van der Waals surface area contributed by atoms with Crippen LogP contribution in [0.5, 0.6) is 0 Å². The molecule has 3 nitrogen and oxygen atoms in total. The Balaban J connectivity index is 2.15. The zero-order valence-corrected chi connectivity index (χ0v) is 13.7. The quantitative estimate of drug-likeness (QED) is 0.861. The molecule has 0 amide bonds. The van der Waals surface area contributed by atoms with Gasteiger partial charge in [-0.3, -0.25) is 4.68 Å². The maximum absolute atomic E-state index is 4.69. The van der Waals surface area contributed by atoms with E-state index in [4.69, 9.17) is 5.10 Å². The first kappa shape index (κ1) is 15.6. The summed E-state index contributed by atoms with van der Waals surface area (Å²) < 4.78 is 2.19. The van der Waals surface area contributed by atoms with Crippen molar-refractivity contribution >= 4 is 0 Å². The van der Waals surface area contributed by atoms with Gasteiger partial charge < -0.3 is 5.32 Å². The lowest BCUT2D eigenvalue weighted by Crippen LogP contribution is -2.45. The predicted octanol–water partition coefficient (Wildman–Crippen LogP) is 3.57. The first-order valence-corrected chi connectivity index (χ1v) is 8.35. The summed E-state index contributed by atoms with van der Waals surface area (Å²) >= 11 is 0. The third-order valence-electron chi connectivity index (χ3n) is 5.17. The summed E-state index contributed by atoms with van der Waals surface area (Å²) in [7, 11) is 2.12. The van der Waals surface area contributed by atoms with E-state index in [1.165, 1.54) is 43.5 Å². The number of rotatable bonds is 6. The molecule has 114 valence electrons. The van der Waals surface area contributed by atoms with E-state index in [1.807, 2.05) is 0 Å². The summed E-state index contributed by atoms with van der Waals surface area (Å²) in [5.41, 5.74) is 3.07. The molecule has 1 aromatic rings. The minimum atomic E-state index is 0.447. The van der Waals surface area contributed by atoms with E-state index >= 15 is 0 Å². The maximum Gasteiger partial charge on any atom is 0.0624 e. The van der Waals surface area contributed by atoms with Crippen molar-refractivity contribution in [3.8, 4) is 0 Å². The summed E-state index contributed by atoms with van der Waals surface area (Å²) in [5, 5.41) is 8.29. The van der Waals surface area contributed by atoms with Gasteiger partial charge in [0, 0.05) is 24.7 Å². The van der Waals surface area contributed by atoms with Crippen molar-refractivity contribution in [1.29, 1.82) is 0 Å². The number of hydrogen-bond donors (Lipinski definition) is 1. The Morgan fingerprint density at radius 1 is 1.30 bits per heavy atom. The number of hydrogen-bond acceptors (Lipinski definition) is 2. The Morgan fingerprint density at radius 3 is 2.55 bits per heavy atom. The molecule has 1 saturated carbocycles. The van der Waals surface area contributed by atoms with E-state index in [0.717, 1.165) is 19.4 Å². The van der Waals surface area contributed by atoms with Crippen LogP contribution in [0, 0.1) is 5.41 Å². The van der Waals surface area contributed by atoms with Crippen LogP contribution in [0.1, 0.15) is 64.3 Å². The second-order valence-electron chi connectivity index (χ2n) is 6.56. The van der Waals surface area contributed by atoms with Crippen LogP contribution in [0.3, 0.4) is 0 Å². The Hall–Kier alpha value is -0.830. The van der Waals surface area contributed by atoms with E-state index in [0.29, 0.717) is 11.5 Å². The molecule has 1 fully saturated rings. The van der Waals surface area contributed by atoms with Gasteiger partial charge in [0.05, 0.1) is 5.69 Å². The SMILES string of the molecule is CCc1cc(CC(NC)C2(C)CCCCC2)n(CC)n1. The number of nitrogens with zero attached hydrogens (tertiary/aromatic N) is 2. The van der Waals surface area contributed by atoms with Crippen LogP contribution in [-0.2, 0) is 19.4 Å². The molecule has 1 aromatic heterocycles. The molecule has 0 bridgehead atoms. The van der Waals surface area contributed by atoms with E-state index < -0.39 is 0 Å². The van der Waals surface area contributed by atoms with Gasteiger partial charge in [0.25, 0.3) is 0 Å². The molecule has 1 aliphatic rings. The van der Waals surface area contributed by atoms with Crippen LogP contribution in [0.2, 0.25) is 0 Å². The van der Waals surface area contributed by atoms with Crippen LogP contribution in [-0.4, -0.2) is 22.9 Å². The molecule has 1 N–H and O–H groups in total. The summed E-state index contributed by atoms with van der Waals surface area (Å²) in [5.74, 6) is 0. The molecule has 0 radical (unpaired) electrons. The predicted molar refractivity (Wildman–Crippen MR) is 85.0 cm³/mol. The molecule has 20 heavy (non-hydrogen) atoms. The lowest BCUT2D eigenvalue weighted by Gasteiger charge is -2.41. The van der Waals surface area contributed by atoms with E-state index in [1.54, 1.807) is 0 Å². The van der Waals surface area contributed by atoms with Gasteiger partial charge in [-0.15, -0.1) is 0 Å². The fraction of sp³-hybridized carbons (Fsp3) is 0.824. The molecular weight excluding hydrogens is 246 g/mol. The smallest absolute Gasteiger partial charge is 0.0624 e. The third-order valence-corrected chi connectivity index (χ3v) is 5.17. The highest BCUT2D eigenvalue weighted by Gasteiger charge is 2.35. The summed E-state index contributed by atoms with van der Waals surface area (Å²) in [6.07, 6.45) is 9.05. The molecule has 0 aromatic carbocycles. The molecule has 0 aliphatic heterocycles. The van der Waals surface area contributed by atoms with Crippen molar-refractivity contribution in [2.75, 3.05) is 7.05 Å². The first-order chi connectivity index (χ1) is 9.62. The third kappa shape index (κ3) is 3.25. The number of likely N-dealkylation sites (N-methyl/N-ethyl adjacent to an activating group) is 1. The van der Waals surface area contributed by atoms with Gasteiger partial charge >= 0.3 is 0 Å². The standard InChI is InChI=1S/C17H31N3/c1-5-14-12-15(20(6-2)19-14)13-16(18-4)17(3)10-8-7-9-11-17/h12,16,18H,5-11,13H2,1-4H3. The van der Waals surface area contributed by atoms with Gasteiger partial charge in [-0.1, -0.05) is 33.1 Å². The molecule has 3 heteroatoms. The van der Waals surface area contributed by atoms with Crippen molar-refractivity contribution in [3.05, 3.63) is 17.5 Å². The zero-order chi connectivity index (χ0) is 14.6. The maximum atomic E-state index is 4.69. The van der Waals surface area contributed by atoms with Gasteiger partial charge in [-0.2, -0.15) is 5.10 Å². The highest BCUT2D eigenvalue weighted by Crippen LogP contribution is 2.39. The van der Waals surface area contributed by atoms with Crippen molar-refractivity contribution in [3.63, 3.8) is 0 Å². The molecule has 1 atom stereocenters. The first-order valence-electron chi connectivity index (χ1n) is 8.35. The average Bonchev–Trinajstić information content (AvgIpc) is 2.87. The van der Waals surface area contributed by atoms with Gasteiger partial charge in [0.1, 0.15) is 0 Å². The normalized spacial score (nSPS) is 20.0. The minimum Gasteiger partial charge on any atom is -0.316 e. The van der Waals surface area contributed by atoms with Crippen molar-refractivity contribution in [1.82, 2.24) is 15.1 Å². The van der Waals surface area contributed by atoms with E-state index in [-0.39, 0.29) is 0 Å². The van der Waals surface area contributed by atoms with Crippen LogP contribution in [0.4, 0.5) is 0 Å². The molecule has 1 unspecified atom stereocenters. The monoisotopic (exact) mass is 277 g/mol. The Kier molecular flexibility index (Phi) is 5.25. The van der Waals surface area contributed by atoms with Gasteiger partial charge in [0.15, 0.2) is 0 Å². The highest BCUT2D eigenvalue weighted by molar-refractivity contribution is 5.13. The van der Waals surface area contributed by atoms with Gasteiger partial charge in [-0.25, -0.2) is 0 Å². The molecule has 2 rings (SSSR count). The van der Waals surface area contributed by atoms with Crippen molar-refractivity contribution < 1.29 is 0 Å². The second-order valence-corrected chi connectivity index (χ2v) is 6.56. The Bertz CT molecular complexity index is 416. The summed E-state index contributed by atoms with van der Waals surface area (Å²) in [6.45, 7) is 7.82. The fourth-order valence-electron chi connectivity index (χ4n) is 3.74. The van der Waals surface area contributed by atoms with Crippen LogP contribution in [0.15, 0.2) is 6.07 Å². The summed E-state index contributed by atoms with van der Waals surface area (Å²) in [6, 6.07) is 2.87. The van der Waals surface area contributed by atoms with Crippen molar-refractivity contribution in [2.24, 2.45) is 5.41 Å². The molecule has 1 heterocycles. The van der Waals surface area contributed by atoms with Crippen LogP contribution in [0.25, 0.3) is 0 Å². The van der Waals surface area contributed by atoms with Gasteiger partial charge in [0.2, 0.25) is 0 Å². The molecule has 0 spiro atoms. The molecular formula is C17H31N3. The lowest BCUT2D eigenvalue weighted by atomic mass is 9.69. The van der Waals surface area contributed by atoms with E-state index in [9.17, 15) is 0 Å². The minimum absolute atomic E-state index is 0.447. The Morgan fingerprint density at radius 2 is 2.00 bits per heavy atom. The summed E-state index contributed by atoms with van der Waals surface area (Å²) in [4.78, 5) is 0. The number of nitrogens with one attached hydrogen (secondary N) is 1. The highest BCUT2D eigenvalue weighted by atomic mass is 15.3. The Labute approximate surface area is 124 Å². The largest absolute Gasteiger partial charge is 0.316 e. The van der Waals surface area contributed by atoms with Gasteiger partial charge in [-0.05, 0) is 44.7 Å². The average molecular weight is 277 g/mol. The number of aryl methyl sites for hydroxylation is 2. The number of aromatic nitrogens is 2. The van der Waals surface area contributed by atoms with E-state index in [2.05, 4.69) is 43.9 Å². The fourth-order valence-corrected chi connectivity index (χ4v) is 3.74. The zero-order valence-electron chi connectivity index (χ0n) is 13.7. The lowest BCUT2D eigenvalue weighted by molar-refractivity contribution is 0.147. The van der Waals surface area contributed by atoms with Crippen LogP contribution < -0.4 is 5.32 Å². The molecule has 0 saturated heterocycles.